The van der Waals surface area contributed by atoms with Gasteiger partial charge in [-0.15, -0.1) is 0 Å². The lowest BCUT2D eigenvalue weighted by Gasteiger charge is -2.37. The number of hydrogen-bond acceptors (Lipinski definition) is 2. The van der Waals surface area contributed by atoms with Crippen LogP contribution in [0.25, 0.3) is 0 Å². The van der Waals surface area contributed by atoms with Crippen LogP contribution in [0.2, 0.25) is 18.1 Å². The molecule has 0 radical (unpaired) electrons. The van der Waals surface area contributed by atoms with Crippen molar-refractivity contribution < 1.29 is 8.84 Å². The zero-order chi connectivity index (χ0) is 11.7. The van der Waals surface area contributed by atoms with Gasteiger partial charge in [0.25, 0.3) is 0 Å². The van der Waals surface area contributed by atoms with Crippen molar-refractivity contribution in [1.82, 2.24) is 0 Å². The summed E-state index contributed by atoms with van der Waals surface area (Å²) in [6.07, 6.45) is 1.75. The Balaban J connectivity index is 2.70. The highest BCUT2D eigenvalue weighted by Gasteiger charge is 2.38. The average molecular weight is 226 g/mol. The maximum atomic E-state index is 6.19. The SMILES string of the molecule is CC(O[Si](C)(C)C(C)(C)C)c1ccco1. The van der Waals surface area contributed by atoms with Crippen molar-refractivity contribution in [1.29, 1.82) is 0 Å². The first-order valence-corrected chi connectivity index (χ1v) is 8.36. The van der Waals surface area contributed by atoms with Crippen molar-refractivity contribution in [3.8, 4) is 0 Å². The van der Waals surface area contributed by atoms with Crippen molar-refractivity contribution in [2.75, 3.05) is 0 Å². The normalized spacial score (nSPS) is 15.3. The van der Waals surface area contributed by atoms with E-state index >= 15 is 0 Å². The van der Waals surface area contributed by atoms with Crippen LogP contribution < -0.4 is 0 Å². The lowest BCUT2D eigenvalue weighted by molar-refractivity contribution is 0.175. The van der Waals surface area contributed by atoms with Gasteiger partial charge in [-0.2, -0.15) is 0 Å². The van der Waals surface area contributed by atoms with Crippen molar-refractivity contribution in [2.45, 2.75) is 51.9 Å². The molecule has 86 valence electrons. The fraction of sp³-hybridized carbons (Fsp3) is 0.667. The second-order valence-corrected chi connectivity index (χ2v) is 10.3. The Labute approximate surface area is 93.8 Å². The van der Waals surface area contributed by atoms with Gasteiger partial charge in [0.1, 0.15) is 11.9 Å². The molecule has 3 heteroatoms. The van der Waals surface area contributed by atoms with E-state index in [0.29, 0.717) is 0 Å². The van der Waals surface area contributed by atoms with E-state index in [4.69, 9.17) is 8.84 Å². The van der Waals surface area contributed by atoms with Gasteiger partial charge in [0.15, 0.2) is 8.32 Å². The maximum Gasteiger partial charge on any atom is 0.193 e. The third kappa shape index (κ3) is 2.95. The van der Waals surface area contributed by atoms with E-state index in [1.54, 1.807) is 6.26 Å². The van der Waals surface area contributed by atoms with Crippen LogP contribution >= 0.6 is 0 Å². The molecule has 15 heavy (non-hydrogen) atoms. The summed E-state index contributed by atoms with van der Waals surface area (Å²) in [7, 11) is -1.68. The van der Waals surface area contributed by atoms with Gasteiger partial charge in [0.2, 0.25) is 0 Å². The van der Waals surface area contributed by atoms with Gasteiger partial charge in [-0.25, -0.2) is 0 Å². The summed E-state index contributed by atoms with van der Waals surface area (Å²) in [5.41, 5.74) is 0. The highest BCUT2D eigenvalue weighted by Crippen LogP contribution is 2.39. The van der Waals surface area contributed by atoms with Gasteiger partial charge in [0.05, 0.1) is 6.26 Å². The van der Waals surface area contributed by atoms with Gasteiger partial charge in [-0.05, 0) is 37.2 Å². The summed E-state index contributed by atoms with van der Waals surface area (Å²) in [5, 5.41) is 0.244. The van der Waals surface area contributed by atoms with Gasteiger partial charge in [-0.1, -0.05) is 20.8 Å². The van der Waals surface area contributed by atoms with E-state index in [2.05, 4.69) is 40.8 Å². The molecule has 0 saturated carbocycles. The third-order valence-electron chi connectivity index (χ3n) is 3.22. The Bertz CT molecular complexity index is 296. The Morgan fingerprint density at radius 1 is 1.33 bits per heavy atom. The summed E-state index contributed by atoms with van der Waals surface area (Å²) in [6.45, 7) is 13.3. The van der Waals surface area contributed by atoms with E-state index in [1.165, 1.54) is 0 Å². The first-order chi connectivity index (χ1) is 6.74. The van der Waals surface area contributed by atoms with E-state index < -0.39 is 8.32 Å². The monoisotopic (exact) mass is 226 g/mol. The van der Waals surface area contributed by atoms with Gasteiger partial charge < -0.3 is 8.84 Å². The molecule has 1 rings (SSSR count). The third-order valence-corrected chi connectivity index (χ3v) is 7.78. The Hall–Kier alpha value is -0.543. The fourth-order valence-corrected chi connectivity index (χ4v) is 2.55. The number of furan rings is 1. The molecule has 0 fully saturated rings. The van der Waals surface area contributed by atoms with Crippen molar-refractivity contribution >= 4 is 8.32 Å². The minimum atomic E-state index is -1.68. The van der Waals surface area contributed by atoms with Crippen molar-refractivity contribution in [2.24, 2.45) is 0 Å². The van der Waals surface area contributed by atoms with Crippen LogP contribution in [0, 0.1) is 0 Å². The predicted octanol–water partition coefficient (Wildman–Crippen LogP) is 4.36. The molecular formula is C12H22O2Si. The molecule has 0 N–H and O–H groups in total. The van der Waals surface area contributed by atoms with Crippen LogP contribution in [-0.2, 0) is 4.43 Å². The molecule has 1 aromatic heterocycles. The Kier molecular flexibility index (Phi) is 3.46. The molecule has 1 aromatic rings. The summed E-state index contributed by atoms with van der Waals surface area (Å²) in [5.74, 6) is 0.917. The standard InChI is InChI=1S/C12H22O2Si/c1-10(11-8-7-9-13-11)14-15(5,6)12(2,3)4/h7-10H,1-6H3. The van der Waals surface area contributed by atoms with Gasteiger partial charge >= 0.3 is 0 Å². The molecule has 1 unspecified atom stereocenters. The van der Waals surface area contributed by atoms with Crippen LogP contribution in [0.1, 0.15) is 39.6 Å². The molecule has 0 aliphatic rings. The second kappa shape index (κ2) is 4.14. The van der Waals surface area contributed by atoms with Crippen LogP contribution in [0.5, 0.6) is 0 Å². The van der Waals surface area contributed by atoms with Crippen LogP contribution in [0.4, 0.5) is 0 Å². The summed E-state index contributed by atoms with van der Waals surface area (Å²) < 4.78 is 11.5. The quantitative estimate of drug-likeness (QED) is 0.714. The summed E-state index contributed by atoms with van der Waals surface area (Å²) >= 11 is 0. The average Bonchev–Trinajstić information content (AvgIpc) is 2.51. The smallest absolute Gasteiger partial charge is 0.193 e. The number of rotatable bonds is 3. The Morgan fingerprint density at radius 2 is 1.93 bits per heavy atom. The first kappa shape index (κ1) is 12.5. The largest absolute Gasteiger partial charge is 0.467 e. The number of hydrogen-bond donors (Lipinski definition) is 0. The molecule has 0 saturated heterocycles. The van der Waals surface area contributed by atoms with E-state index in [0.717, 1.165) is 5.76 Å². The van der Waals surface area contributed by atoms with Crippen LogP contribution in [-0.4, -0.2) is 8.32 Å². The molecule has 0 amide bonds. The zero-order valence-corrected chi connectivity index (χ0v) is 11.6. The van der Waals surface area contributed by atoms with E-state index in [-0.39, 0.29) is 11.1 Å². The predicted molar refractivity (Wildman–Crippen MR) is 65.4 cm³/mol. The van der Waals surface area contributed by atoms with Crippen LogP contribution in [0.3, 0.4) is 0 Å². The van der Waals surface area contributed by atoms with Crippen LogP contribution in [0.15, 0.2) is 22.8 Å². The molecule has 2 nitrogen and oxygen atoms in total. The highest BCUT2D eigenvalue weighted by molar-refractivity contribution is 6.74. The van der Waals surface area contributed by atoms with Gasteiger partial charge in [-0.3, -0.25) is 0 Å². The zero-order valence-electron chi connectivity index (χ0n) is 10.6. The lowest BCUT2D eigenvalue weighted by Crippen LogP contribution is -2.41. The second-order valence-electron chi connectivity index (χ2n) is 5.54. The van der Waals surface area contributed by atoms with Crippen molar-refractivity contribution in [3.05, 3.63) is 24.2 Å². The summed E-state index contributed by atoms with van der Waals surface area (Å²) in [4.78, 5) is 0. The lowest BCUT2D eigenvalue weighted by atomic mass is 10.2. The molecule has 1 heterocycles. The first-order valence-electron chi connectivity index (χ1n) is 5.45. The molecule has 0 aliphatic heterocycles. The van der Waals surface area contributed by atoms with Gasteiger partial charge in [0, 0.05) is 0 Å². The molecule has 0 bridgehead atoms. The minimum Gasteiger partial charge on any atom is -0.467 e. The van der Waals surface area contributed by atoms with E-state index in [1.807, 2.05) is 12.1 Å². The molecule has 0 aliphatic carbocycles. The fourth-order valence-electron chi connectivity index (χ4n) is 1.20. The van der Waals surface area contributed by atoms with Crippen molar-refractivity contribution in [3.63, 3.8) is 0 Å². The highest BCUT2D eigenvalue weighted by atomic mass is 28.4. The maximum absolute atomic E-state index is 6.19. The molecule has 0 aromatic carbocycles. The summed E-state index contributed by atoms with van der Waals surface area (Å²) in [6, 6.07) is 3.87. The molecule has 0 spiro atoms. The Morgan fingerprint density at radius 3 is 2.33 bits per heavy atom. The topological polar surface area (TPSA) is 22.4 Å². The van der Waals surface area contributed by atoms with E-state index in [9.17, 15) is 0 Å². The minimum absolute atomic E-state index is 0.0564. The molecular weight excluding hydrogens is 204 g/mol. The molecule has 1 atom stereocenters.